The molecule has 0 unspecified atom stereocenters. The van der Waals surface area contributed by atoms with Crippen molar-refractivity contribution in [2.45, 2.75) is 40.0 Å². The van der Waals surface area contributed by atoms with E-state index in [1.165, 1.54) is 24.0 Å². The third-order valence-corrected chi connectivity index (χ3v) is 1.97. The van der Waals surface area contributed by atoms with Gasteiger partial charge in [0.1, 0.15) is 0 Å². The Hall–Kier alpha value is -0.170. The summed E-state index contributed by atoms with van der Waals surface area (Å²) >= 11 is 4.16. The molecule has 0 saturated carbocycles. The predicted octanol–water partition coefficient (Wildman–Crippen LogP) is 4.00. The maximum absolute atomic E-state index is 4.16. The highest BCUT2D eigenvalue weighted by Crippen LogP contribution is 2.07. The molecular weight excluding hydrogens is 164 g/mol. The van der Waals surface area contributed by atoms with Crippen molar-refractivity contribution in [1.29, 1.82) is 0 Å². The third kappa shape index (κ3) is 7.93. The van der Waals surface area contributed by atoms with Crippen molar-refractivity contribution in [3.05, 3.63) is 23.3 Å². The highest BCUT2D eigenvalue weighted by atomic mass is 32.1. The summed E-state index contributed by atoms with van der Waals surface area (Å²) in [5.74, 6) is 0.958. The van der Waals surface area contributed by atoms with E-state index in [2.05, 4.69) is 45.6 Å². The van der Waals surface area contributed by atoms with Crippen LogP contribution in [0.4, 0.5) is 0 Å². The quantitative estimate of drug-likeness (QED) is 0.484. The molecule has 70 valence electrons. The van der Waals surface area contributed by atoms with Crippen LogP contribution >= 0.6 is 12.6 Å². The van der Waals surface area contributed by atoms with Gasteiger partial charge in [0, 0.05) is 0 Å². The molecule has 0 atom stereocenters. The summed E-state index contributed by atoms with van der Waals surface area (Å²) in [7, 11) is 0. The van der Waals surface area contributed by atoms with Crippen LogP contribution < -0.4 is 0 Å². The van der Waals surface area contributed by atoms with Crippen LogP contribution in [0.5, 0.6) is 0 Å². The van der Waals surface area contributed by atoms with Crippen molar-refractivity contribution in [1.82, 2.24) is 0 Å². The molecule has 0 nitrogen and oxygen atoms in total. The molecule has 0 saturated heterocycles. The van der Waals surface area contributed by atoms with Crippen LogP contribution in [0.1, 0.15) is 40.0 Å². The molecule has 1 heteroatoms. The van der Waals surface area contributed by atoms with E-state index < -0.39 is 0 Å². The van der Waals surface area contributed by atoms with Crippen LogP contribution in [0.15, 0.2) is 23.3 Å². The minimum atomic E-state index is 0.958. The molecule has 0 aromatic rings. The second kappa shape index (κ2) is 7.48. The summed E-state index contributed by atoms with van der Waals surface area (Å²) in [5.41, 5.74) is 2.90. The minimum Gasteiger partial charge on any atom is -0.179 e. The van der Waals surface area contributed by atoms with Gasteiger partial charge >= 0.3 is 0 Å². The lowest BCUT2D eigenvalue weighted by Gasteiger charge is -1.97. The Morgan fingerprint density at radius 1 is 1.08 bits per heavy atom. The molecule has 0 radical (unpaired) electrons. The Morgan fingerprint density at radius 3 is 2.25 bits per heavy atom. The third-order valence-electron chi connectivity index (χ3n) is 1.71. The zero-order valence-corrected chi connectivity index (χ0v) is 9.32. The molecule has 12 heavy (non-hydrogen) atoms. The fourth-order valence-electron chi connectivity index (χ4n) is 1.00. The Labute approximate surface area is 82.2 Å². The molecule has 0 aliphatic rings. The average Bonchev–Trinajstić information content (AvgIpc) is 2.00. The Kier molecular flexibility index (Phi) is 7.37. The van der Waals surface area contributed by atoms with Gasteiger partial charge in [0.25, 0.3) is 0 Å². The monoisotopic (exact) mass is 184 g/mol. The summed E-state index contributed by atoms with van der Waals surface area (Å²) in [6, 6.07) is 0. The lowest BCUT2D eigenvalue weighted by molar-refractivity contribution is 0.954. The van der Waals surface area contributed by atoms with E-state index in [4.69, 9.17) is 0 Å². The minimum absolute atomic E-state index is 0.958. The lowest BCUT2D eigenvalue weighted by Crippen LogP contribution is -1.78. The van der Waals surface area contributed by atoms with Crippen molar-refractivity contribution in [2.24, 2.45) is 0 Å². The van der Waals surface area contributed by atoms with Gasteiger partial charge in [-0.05, 0) is 45.8 Å². The van der Waals surface area contributed by atoms with Gasteiger partial charge < -0.3 is 0 Å². The van der Waals surface area contributed by atoms with E-state index >= 15 is 0 Å². The molecule has 0 aromatic heterocycles. The van der Waals surface area contributed by atoms with E-state index in [9.17, 15) is 0 Å². The predicted molar refractivity (Wildman–Crippen MR) is 60.9 cm³/mol. The molecule has 0 aliphatic carbocycles. The van der Waals surface area contributed by atoms with Gasteiger partial charge in [-0.3, -0.25) is 0 Å². The van der Waals surface area contributed by atoms with Gasteiger partial charge in [-0.2, -0.15) is 12.6 Å². The first-order valence-corrected chi connectivity index (χ1v) is 5.20. The molecule has 0 heterocycles. The molecule has 0 spiro atoms. The number of thiol groups is 1. The molecule has 0 fully saturated rings. The first-order chi connectivity index (χ1) is 5.66. The highest BCUT2D eigenvalue weighted by Gasteiger charge is 1.87. The van der Waals surface area contributed by atoms with Gasteiger partial charge in [-0.25, -0.2) is 0 Å². The Balaban J connectivity index is 3.56. The molecule has 0 amide bonds. The smallest absolute Gasteiger partial charge is 0.00632 e. The summed E-state index contributed by atoms with van der Waals surface area (Å²) in [5, 5.41) is 0. The second-order valence-corrected chi connectivity index (χ2v) is 3.83. The first-order valence-electron chi connectivity index (χ1n) is 4.56. The molecule has 0 aliphatic heterocycles. The maximum Gasteiger partial charge on any atom is -0.00632 e. The lowest BCUT2D eigenvalue weighted by atomic mass is 10.1. The maximum atomic E-state index is 4.16. The van der Waals surface area contributed by atoms with Crippen molar-refractivity contribution >= 4 is 12.6 Å². The van der Waals surface area contributed by atoms with Crippen LogP contribution in [0, 0.1) is 0 Å². The molecule has 0 rings (SSSR count). The SMILES string of the molecule is CC(C)=CCCC(C)=CCCS. The van der Waals surface area contributed by atoms with E-state index in [0.717, 1.165) is 12.2 Å². The number of allylic oxidation sites excluding steroid dienone is 4. The molecular formula is C11H20S. The van der Waals surface area contributed by atoms with E-state index in [0.29, 0.717) is 0 Å². The molecule has 0 aromatic carbocycles. The summed E-state index contributed by atoms with van der Waals surface area (Å²) in [4.78, 5) is 0. The van der Waals surface area contributed by atoms with Gasteiger partial charge in [0.2, 0.25) is 0 Å². The van der Waals surface area contributed by atoms with Crippen LogP contribution in [-0.4, -0.2) is 5.75 Å². The Bertz CT molecular complexity index is 162. The largest absolute Gasteiger partial charge is 0.179 e. The van der Waals surface area contributed by atoms with E-state index in [1.807, 2.05) is 0 Å². The van der Waals surface area contributed by atoms with E-state index in [-0.39, 0.29) is 0 Å². The van der Waals surface area contributed by atoms with Gasteiger partial charge in [0.05, 0.1) is 0 Å². The highest BCUT2D eigenvalue weighted by molar-refractivity contribution is 7.80. The fraction of sp³-hybridized carbons (Fsp3) is 0.636. The number of hydrogen-bond acceptors (Lipinski definition) is 1. The Morgan fingerprint density at radius 2 is 1.75 bits per heavy atom. The second-order valence-electron chi connectivity index (χ2n) is 3.38. The summed E-state index contributed by atoms with van der Waals surface area (Å²) in [6.45, 7) is 6.49. The van der Waals surface area contributed by atoms with Gasteiger partial charge in [0.15, 0.2) is 0 Å². The van der Waals surface area contributed by atoms with Crippen molar-refractivity contribution in [3.63, 3.8) is 0 Å². The molecule has 0 bridgehead atoms. The zero-order chi connectivity index (χ0) is 9.40. The summed E-state index contributed by atoms with van der Waals surface area (Å²) in [6.07, 6.45) is 8.05. The summed E-state index contributed by atoms with van der Waals surface area (Å²) < 4.78 is 0. The first kappa shape index (κ1) is 11.8. The van der Waals surface area contributed by atoms with Crippen LogP contribution in [0.3, 0.4) is 0 Å². The van der Waals surface area contributed by atoms with E-state index in [1.54, 1.807) is 0 Å². The number of hydrogen-bond donors (Lipinski definition) is 1. The van der Waals surface area contributed by atoms with Crippen LogP contribution in [0.25, 0.3) is 0 Å². The van der Waals surface area contributed by atoms with Crippen molar-refractivity contribution in [2.75, 3.05) is 5.75 Å². The normalized spacial score (nSPS) is 11.5. The van der Waals surface area contributed by atoms with Crippen molar-refractivity contribution < 1.29 is 0 Å². The fourth-order valence-corrected chi connectivity index (χ4v) is 1.13. The molecule has 0 N–H and O–H groups in total. The van der Waals surface area contributed by atoms with Crippen LogP contribution in [0.2, 0.25) is 0 Å². The number of rotatable bonds is 5. The average molecular weight is 184 g/mol. The van der Waals surface area contributed by atoms with Crippen LogP contribution in [-0.2, 0) is 0 Å². The van der Waals surface area contributed by atoms with Gasteiger partial charge in [-0.1, -0.05) is 23.3 Å². The van der Waals surface area contributed by atoms with Crippen molar-refractivity contribution in [3.8, 4) is 0 Å². The standard InChI is InChI=1S/C11H20S/c1-10(2)6-4-7-11(3)8-5-9-12/h6,8,12H,4-5,7,9H2,1-3H3. The zero-order valence-electron chi connectivity index (χ0n) is 8.43. The van der Waals surface area contributed by atoms with Gasteiger partial charge in [-0.15, -0.1) is 0 Å². The topological polar surface area (TPSA) is 0 Å².